The van der Waals surface area contributed by atoms with Crippen LogP contribution in [0.15, 0.2) is 36.7 Å². The predicted octanol–water partition coefficient (Wildman–Crippen LogP) is 4.82. The minimum absolute atomic E-state index is 0.366. The van der Waals surface area contributed by atoms with Crippen LogP contribution >= 0.6 is 11.3 Å². The van der Waals surface area contributed by atoms with Gasteiger partial charge in [0, 0.05) is 17.3 Å². The Kier molecular flexibility index (Phi) is 6.24. The zero-order valence-corrected chi connectivity index (χ0v) is 18.6. The quantitative estimate of drug-likeness (QED) is 0.638. The molecule has 1 aromatic carbocycles. The van der Waals surface area contributed by atoms with Crippen LogP contribution in [0.2, 0.25) is 0 Å². The molecule has 3 N–H and O–H groups in total. The van der Waals surface area contributed by atoms with Gasteiger partial charge in [-0.1, -0.05) is 31.1 Å². The summed E-state index contributed by atoms with van der Waals surface area (Å²) in [4.78, 5) is 2.48. The number of piperidine rings is 1. The highest BCUT2D eigenvalue weighted by Gasteiger charge is 2.42. The molecule has 7 nitrogen and oxygen atoms in total. The van der Waals surface area contributed by atoms with E-state index in [1.54, 1.807) is 6.20 Å². The number of nitrogens with one attached hydrogen (secondary N) is 1. The lowest BCUT2D eigenvalue weighted by atomic mass is 9.68. The highest BCUT2D eigenvalue weighted by molar-refractivity contribution is 7.16. The lowest BCUT2D eigenvalue weighted by Gasteiger charge is -2.52. The molecule has 0 atom stereocenters. The number of nitrogens with two attached hydrogens (primary N) is 1. The Morgan fingerprint density at radius 2 is 1.83 bits per heavy atom. The van der Waals surface area contributed by atoms with E-state index in [1.165, 1.54) is 30.7 Å². The molecule has 0 radical (unpaired) electrons. The third kappa shape index (κ3) is 4.94. The molecule has 0 saturated carbocycles. The maximum Gasteiger partial charge on any atom is 0.301 e. The molecule has 8 heteroatoms. The van der Waals surface area contributed by atoms with Crippen molar-refractivity contribution >= 4 is 16.5 Å². The minimum Gasteiger partial charge on any atom is -0.430 e. The number of hydrogen-bond donors (Lipinski definition) is 2. The lowest BCUT2D eigenvalue weighted by molar-refractivity contribution is -0.0121. The minimum atomic E-state index is 0.366. The molecule has 2 aromatic heterocycles. The van der Waals surface area contributed by atoms with Crippen molar-refractivity contribution < 1.29 is 4.74 Å². The summed E-state index contributed by atoms with van der Waals surface area (Å²) in [6, 6.07) is 7.62. The van der Waals surface area contributed by atoms with Crippen molar-refractivity contribution in [2.24, 2.45) is 5.41 Å². The normalized spacial score (nSPS) is 18.0. The van der Waals surface area contributed by atoms with Gasteiger partial charge in [-0.3, -0.25) is 5.10 Å². The maximum atomic E-state index is 5.51. The van der Waals surface area contributed by atoms with Gasteiger partial charge in [0.05, 0.1) is 6.20 Å². The van der Waals surface area contributed by atoms with Crippen LogP contribution in [-0.4, -0.2) is 44.4 Å². The number of rotatable bonds is 3. The molecule has 1 aliphatic heterocycles. The van der Waals surface area contributed by atoms with Crippen LogP contribution in [0.3, 0.4) is 0 Å². The largest absolute Gasteiger partial charge is 0.430 e. The summed E-state index contributed by atoms with van der Waals surface area (Å²) in [5.41, 5.74) is 8.41. The number of nitrogen functional groups attached to an aromatic ring is 1. The van der Waals surface area contributed by atoms with E-state index < -0.39 is 0 Å². The first-order valence-electron chi connectivity index (χ1n) is 9.76. The lowest BCUT2D eigenvalue weighted by Crippen LogP contribution is -2.55. The Labute approximate surface area is 176 Å². The molecular formula is C21H30N6OS. The van der Waals surface area contributed by atoms with Crippen molar-refractivity contribution in [3.63, 3.8) is 0 Å². The summed E-state index contributed by atoms with van der Waals surface area (Å²) < 4.78 is 5.51. The van der Waals surface area contributed by atoms with E-state index in [2.05, 4.69) is 60.0 Å². The summed E-state index contributed by atoms with van der Waals surface area (Å²) in [5, 5.41) is 15.0. The van der Waals surface area contributed by atoms with Crippen molar-refractivity contribution in [2.45, 2.75) is 46.1 Å². The summed E-state index contributed by atoms with van der Waals surface area (Å²) in [6.07, 6.45) is 6.32. The fourth-order valence-corrected chi connectivity index (χ4v) is 3.83. The molecule has 3 aromatic rings. The van der Waals surface area contributed by atoms with E-state index >= 15 is 0 Å². The van der Waals surface area contributed by atoms with Crippen LogP contribution < -0.4 is 10.5 Å². The SMILES string of the molecule is CN1CCCC(C)(C)C1(C)C.Nc1nnc(Oc2ccc(-c3cn[nH]c3)cc2)s1. The monoisotopic (exact) mass is 414 g/mol. The van der Waals surface area contributed by atoms with Gasteiger partial charge < -0.3 is 15.4 Å². The number of aromatic nitrogens is 4. The molecule has 0 aliphatic carbocycles. The van der Waals surface area contributed by atoms with Crippen LogP contribution in [0.4, 0.5) is 5.13 Å². The first-order chi connectivity index (χ1) is 13.7. The van der Waals surface area contributed by atoms with E-state index in [1.807, 2.05) is 30.5 Å². The zero-order valence-electron chi connectivity index (χ0n) is 17.8. The molecule has 0 amide bonds. The van der Waals surface area contributed by atoms with Gasteiger partial charge in [0.15, 0.2) is 0 Å². The average Bonchev–Trinajstić information content (AvgIpc) is 3.33. The van der Waals surface area contributed by atoms with Crippen molar-refractivity contribution in [1.82, 2.24) is 25.3 Å². The summed E-state index contributed by atoms with van der Waals surface area (Å²) >= 11 is 1.20. The van der Waals surface area contributed by atoms with Gasteiger partial charge in [-0.25, -0.2) is 0 Å². The van der Waals surface area contributed by atoms with Gasteiger partial charge in [-0.05, 0) is 74.7 Å². The molecule has 0 spiro atoms. The first-order valence-corrected chi connectivity index (χ1v) is 10.6. The molecule has 1 aliphatic rings. The van der Waals surface area contributed by atoms with Crippen molar-refractivity contribution in [3.05, 3.63) is 36.7 Å². The molecule has 4 rings (SSSR count). The second-order valence-corrected chi connectivity index (χ2v) is 9.46. The van der Waals surface area contributed by atoms with Crippen LogP contribution in [-0.2, 0) is 0 Å². The Morgan fingerprint density at radius 1 is 1.10 bits per heavy atom. The van der Waals surface area contributed by atoms with Gasteiger partial charge in [-0.2, -0.15) is 5.10 Å². The van der Waals surface area contributed by atoms with E-state index in [0.717, 1.165) is 11.1 Å². The number of likely N-dealkylation sites (tertiary alicyclic amines) is 1. The molecule has 0 bridgehead atoms. The third-order valence-corrected chi connectivity index (χ3v) is 6.85. The zero-order chi connectivity index (χ0) is 21.1. The molecular weight excluding hydrogens is 384 g/mol. The smallest absolute Gasteiger partial charge is 0.301 e. The molecule has 3 heterocycles. The second kappa shape index (κ2) is 8.51. The Balaban J connectivity index is 0.000000188. The van der Waals surface area contributed by atoms with Crippen LogP contribution in [0.1, 0.15) is 40.5 Å². The number of benzene rings is 1. The van der Waals surface area contributed by atoms with E-state index in [-0.39, 0.29) is 0 Å². The second-order valence-electron chi connectivity index (χ2n) is 8.49. The van der Waals surface area contributed by atoms with Crippen LogP contribution in [0.25, 0.3) is 11.1 Å². The van der Waals surface area contributed by atoms with Crippen molar-refractivity contribution in [2.75, 3.05) is 19.3 Å². The average molecular weight is 415 g/mol. The van der Waals surface area contributed by atoms with Crippen LogP contribution in [0.5, 0.6) is 10.9 Å². The van der Waals surface area contributed by atoms with E-state index in [9.17, 15) is 0 Å². The fraction of sp³-hybridized carbons (Fsp3) is 0.476. The molecule has 156 valence electrons. The van der Waals surface area contributed by atoms with Gasteiger partial charge >= 0.3 is 5.19 Å². The topological polar surface area (TPSA) is 92.9 Å². The Bertz CT molecular complexity index is 902. The molecule has 29 heavy (non-hydrogen) atoms. The van der Waals surface area contributed by atoms with Gasteiger partial charge in [-0.15, -0.1) is 5.10 Å². The van der Waals surface area contributed by atoms with Crippen LogP contribution in [0, 0.1) is 5.41 Å². The molecule has 1 saturated heterocycles. The van der Waals surface area contributed by atoms with Gasteiger partial charge in [0.1, 0.15) is 5.75 Å². The predicted molar refractivity (Wildman–Crippen MR) is 118 cm³/mol. The highest BCUT2D eigenvalue weighted by atomic mass is 32.1. The standard InChI is InChI=1S/C11H9N5OS.C10H21N/c12-10-15-16-11(18-10)17-9-3-1-7(2-4-9)8-5-13-14-6-8;1-9(2)7-6-8-11(5)10(9,3)4/h1-6H,(H2,12,15)(H,13,14);6-8H2,1-5H3. The summed E-state index contributed by atoms with van der Waals surface area (Å²) in [7, 11) is 2.24. The van der Waals surface area contributed by atoms with Gasteiger partial charge in [0.25, 0.3) is 0 Å². The maximum absolute atomic E-state index is 5.51. The van der Waals surface area contributed by atoms with E-state index in [4.69, 9.17) is 10.5 Å². The fourth-order valence-electron chi connectivity index (χ4n) is 3.35. The number of ether oxygens (including phenoxy) is 1. The number of anilines is 1. The number of H-pyrrole nitrogens is 1. The summed E-state index contributed by atoms with van der Waals surface area (Å²) in [6.45, 7) is 10.7. The van der Waals surface area contributed by atoms with Gasteiger partial charge in [0.2, 0.25) is 5.13 Å². The number of nitrogens with zero attached hydrogens (tertiary/aromatic N) is 4. The third-order valence-electron chi connectivity index (χ3n) is 6.22. The first kappa shape index (κ1) is 21.3. The molecule has 1 fully saturated rings. The Morgan fingerprint density at radius 3 is 2.34 bits per heavy atom. The van der Waals surface area contributed by atoms with Crippen molar-refractivity contribution in [1.29, 1.82) is 0 Å². The number of hydrogen-bond acceptors (Lipinski definition) is 7. The highest BCUT2D eigenvalue weighted by Crippen LogP contribution is 2.42. The van der Waals surface area contributed by atoms with Crippen molar-refractivity contribution in [3.8, 4) is 22.1 Å². The Hall–Kier alpha value is -2.45. The number of aromatic amines is 1. The summed E-state index contributed by atoms with van der Waals surface area (Å²) in [5.74, 6) is 0.693. The van der Waals surface area contributed by atoms with E-state index in [0.29, 0.717) is 27.0 Å². The molecule has 0 unspecified atom stereocenters.